The molecular weight excluding hydrogens is 349 g/mol. The molecule has 5 nitrogen and oxygen atoms in total. The highest BCUT2D eigenvalue weighted by molar-refractivity contribution is 5.84. The molecule has 0 aliphatic heterocycles. The zero-order valence-electron chi connectivity index (χ0n) is 13.9. The van der Waals surface area contributed by atoms with Gasteiger partial charge in [-0.3, -0.25) is 5.10 Å². The van der Waals surface area contributed by atoms with Crippen LogP contribution in [-0.4, -0.2) is 32.4 Å². The maximum atomic E-state index is 12.7. The van der Waals surface area contributed by atoms with E-state index in [4.69, 9.17) is 0 Å². The van der Waals surface area contributed by atoms with Gasteiger partial charge in [0.05, 0.1) is 22.9 Å². The van der Waals surface area contributed by atoms with Crippen molar-refractivity contribution < 1.29 is 28.1 Å². The number of benzene rings is 1. The summed E-state index contributed by atoms with van der Waals surface area (Å²) in [6.45, 7) is 0. The average Bonchev–Trinajstić information content (AvgIpc) is 2.96. The molecule has 2 unspecified atom stereocenters. The first-order chi connectivity index (χ1) is 12.2. The van der Waals surface area contributed by atoms with Crippen molar-refractivity contribution in [1.29, 1.82) is 0 Å². The fourth-order valence-electron chi connectivity index (χ4n) is 5.93. The molecule has 1 heterocycles. The summed E-state index contributed by atoms with van der Waals surface area (Å²) in [6, 6.07) is 2.53. The lowest BCUT2D eigenvalue weighted by Crippen LogP contribution is -2.61. The van der Waals surface area contributed by atoms with Gasteiger partial charge in [0.25, 0.3) is 0 Å². The third-order valence-electron chi connectivity index (χ3n) is 6.60. The Morgan fingerprint density at radius 2 is 1.81 bits per heavy atom. The molecular formula is C18H19F3N2O3. The zero-order valence-corrected chi connectivity index (χ0v) is 13.9. The first kappa shape index (κ1) is 16.4. The first-order valence-electron chi connectivity index (χ1n) is 8.84. The summed E-state index contributed by atoms with van der Waals surface area (Å²) in [5.74, 6) is -0.367. The molecule has 2 aromatic rings. The van der Waals surface area contributed by atoms with E-state index in [0.29, 0.717) is 35.2 Å². The van der Waals surface area contributed by atoms with Gasteiger partial charge in [-0.15, -0.1) is 13.2 Å². The number of H-pyrrole nitrogens is 1. The number of ether oxygens (including phenoxy) is 1. The minimum absolute atomic E-state index is 0.182. The van der Waals surface area contributed by atoms with Crippen molar-refractivity contribution in [3.05, 3.63) is 23.9 Å². The summed E-state index contributed by atoms with van der Waals surface area (Å²) < 4.78 is 42.3. The molecule has 0 amide bonds. The second-order valence-corrected chi connectivity index (χ2v) is 8.24. The standard InChI is InChI=1S/C18H19F3N2O3/c19-18(20,21)26-12-3-14(13-8-22-23-15(13)4-12)17(25)10-1-9-2-11(17)7-16(24,5-9)6-10/h3-4,8-11,24-25H,1-2,5-7H2,(H,22,23). The highest BCUT2D eigenvalue weighted by Crippen LogP contribution is 2.63. The van der Waals surface area contributed by atoms with E-state index in [9.17, 15) is 23.4 Å². The molecule has 1 aromatic heterocycles. The van der Waals surface area contributed by atoms with Gasteiger partial charge in [-0.25, -0.2) is 0 Å². The number of aromatic nitrogens is 2. The van der Waals surface area contributed by atoms with Crippen molar-refractivity contribution in [2.45, 2.75) is 49.7 Å². The van der Waals surface area contributed by atoms with Crippen molar-refractivity contribution >= 4 is 10.9 Å². The molecule has 4 bridgehead atoms. The molecule has 4 aliphatic carbocycles. The number of nitrogens with one attached hydrogen (secondary N) is 1. The number of aliphatic hydroxyl groups is 2. The van der Waals surface area contributed by atoms with Gasteiger partial charge in [0, 0.05) is 11.5 Å². The summed E-state index contributed by atoms with van der Waals surface area (Å²) in [6.07, 6.45) is -0.0283. The van der Waals surface area contributed by atoms with E-state index in [-0.39, 0.29) is 17.6 Å². The Hall–Kier alpha value is -1.80. The van der Waals surface area contributed by atoms with Gasteiger partial charge in [-0.1, -0.05) is 0 Å². The maximum absolute atomic E-state index is 12.7. The average molecular weight is 368 g/mol. The molecule has 3 N–H and O–H groups in total. The van der Waals surface area contributed by atoms with Gasteiger partial charge in [0.2, 0.25) is 0 Å². The number of halogens is 3. The highest BCUT2D eigenvalue weighted by Gasteiger charge is 2.62. The van der Waals surface area contributed by atoms with E-state index < -0.39 is 17.6 Å². The van der Waals surface area contributed by atoms with Gasteiger partial charge in [-0.05, 0) is 61.5 Å². The summed E-state index contributed by atoms with van der Waals surface area (Å²) >= 11 is 0. The van der Waals surface area contributed by atoms with Crippen molar-refractivity contribution in [3.8, 4) is 5.75 Å². The van der Waals surface area contributed by atoms with Crippen LogP contribution in [0.4, 0.5) is 13.2 Å². The second-order valence-electron chi connectivity index (χ2n) is 8.24. The lowest BCUT2D eigenvalue weighted by atomic mass is 9.47. The van der Waals surface area contributed by atoms with E-state index in [1.807, 2.05) is 0 Å². The normalized spacial score (nSPS) is 38.9. The molecule has 2 atom stereocenters. The van der Waals surface area contributed by atoms with Crippen LogP contribution in [0.5, 0.6) is 5.75 Å². The summed E-state index contributed by atoms with van der Waals surface area (Å²) in [5.41, 5.74) is -1.22. The summed E-state index contributed by atoms with van der Waals surface area (Å²) in [4.78, 5) is 0. The SMILES string of the molecule is OC12CC3CC(C1)C(O)(c1cc(OC(F)(F)F)cc4[nH]ncc14)C(C3)C2. The number of hydrogen-bond acceptors (Lipinski definition) is 4. The van der Waals surface area contributed by atoms with Gasteiger partial charge in [0.1, 0.15) is 5.75 Å². The first-order valence-corrected chi connectivity index (χ1v) is 8.84. The summed E-state index contributed by atoms with van der Waals surface area (Å²) in [7, 11) is 0. The molecule has 8 heteroatoms. The Labute approximate surface area is 147 Å². The van der Waals surface area contributed by atoms with Gasteiger partial charge < -0.3 is 14.9 Å². The predicted molar refractivity (Wildman–Crippen MR) is 85.2 cm³/mol. The van der Waals surface area contributed by atoms with E-state index in [1.54, 1.807) is 0 Å². The van der Waals surface area contributed by atoms with E-state index in [2.05, 4.69) is 14.9 Å². The largest absolute Gasteiger partial charge is 0.573 e. The summed E-state index contributed by atoms with van der Waals surface area (Å²) in [5, 5.41) is 29.7. The smallest absolute Gasteiger partial charge is 0.406 e. The molecule has 4 fully saturated rings. The third-order valence-corrected chi connectivity index (χ3v) is 6.60. The minimum atomic E-state index is -4.81. The van der Waals surface area contributed by atoms with Crippen molar-refractivity contribution in [3.63, 3.8) is 0 Å². The predicted octanol–water partition coefficient (Wildman–Crippen LogP) is 3.22. The molecule has 0 radical (unpaired) electrons. The number of nitrogens with zero attached hydrogens (tertiary/aromatic N) is 1. The van der Waals surface area contributed by atoms with Crippen molar-refractivity contribution in [2.75, 3.05) is 0 Å². The Bertz CT molecular complexity index is 862. The lowest BCUT2D eigenvalue weighted by Gasteiger charge is -2.62. The van der Waals surface area contributed by atoms with Gasteiger partial charge in [-0.2, -0.15) is 5.10 Å². The fraction of sp³-hybridized carbons (Fsp3) is 0.611. The van der Waals surface area contributed by atoms with Crippen LogP contribution < -0.4 is 4.74 Å². The van der Waals surface area contributed by atoms with Crippen LogP contribution in [0.25, 0.3) is 10.9 Å². The van der Waals surface area contributed by atoms with Crippen molar-refractivity contribution in [2.24, 2.45) is 17.8 Å². The van der Waals surface area contributed by atoms with E-state index in [1.165, 1.54) is 18.3 Å². The molecule has 140 valence electrons. The number of aromatic amines is 1. The van der Waals surface area contributed by atoms with Crippen LogP contribution in [0, 0.1) is 17.8 Å². The fourth-order valence-corrected chi connectivity index (χ4v) is 5.93. The maximum Gasteiger partial charge on any atom is 0.573 e. The van der Waals surface area contributed by atoms with Crippen LogP contribution in [0.3, 0.4) is 0 Å². The van der Waals surface area contributed by atoms with E-state index >= 15 is 0 Å². The molecule has 0 spiro atoms. The number of fused-ring (bicyclic) bond motifs is 1. The van der Waals surface area contributed by atoms with Gasteiger partial charge in [0.15, 0.2) is 0 Å². The monoisotopic (exact) mass is 368 g/mol. The second kappa shape index (κ2) is 4.92. The number of hydrogen-bond donors (Lipinski definition) is 3. The van der Waals surface area contributed by atoms with Gasteiger partial charge >= 0.3 is 6.36 Å². The Morgan fingerprint density at radius 3 is 2.42 bits per heavy atom. The number of alkyl halides is 3. The Morgan fingerprint density at radius 1 is 1.12 bits per heavy atom. The molecule has 0 saturated heterocycles. The molecule has 4 aliphatic rings. The van der Waals surface area contributed by atoms with Crippen LogP contribution in [-0.2, 0) is 5.60 Å². The molecule has 1 aromatic carbocycles. The lowest BCUT2D eigenvalue weighted by molar-refractivity contribution is -0.274. The third kappa shape index (κ3) is 2.28. The molecule has 6 rings (SSSR count). The van der Waals surface area contributed by atoms with E-state index in [0.717, 1.165) is 19.3 Å². The van der Waals surface area contributed by atoms with Crippen LogP contribution >= 0.6 is 0 Å². The Balaban J connectivity index is 1.65. The minimum Gasteiger partial charge on any atom is -0.406 e. The topological polar surface area (TPSA) is 78.4 Å². The molecule has 4 saturated carbocycles. The van der Waals surface area contributed by atoms with Crippen LogP contribution in [0.15, 0.2) is 18.3 Å². The van der Waals surface area contributed by atoms with Crippen LogP contribution in [0.2, 0.25) is 0 Å². The number of rotatable bonds is 2. The Kier molecular flexibility index (Phi) is 3.10. The highest BCUT2D eigenvalue weighted by atomic mass is 19.4. The quantitative estimate of drug-likeness (QED) is 0.761. The van der Waals surface area contributed by atoms with Crippen LogP contribution in [0.1, 0.15) is 37.7 Å². The van der Waals surface area contributed by atoms with Crippen molar-refractivity contribution in [1.82, 2.24) is 10.2 Å². The zero-order chi connectivity index (χ0) is 18.3. The molecule has 26 heavy (non-hydrogen) atoms.